The molecule has 0 aliphatic carbocycles. The van der Waals surface area contributed by atoms with E-state index in [1.807, 2.05) is 81.7 Å². The van der Waals surface area contributed by atoms with Crippen LogP contribution in [-0.4, -0.2) is 66.9 Å². The molecule has 3 rings (SSSR count). The van der Waals surface area contributed by atoms with Gasteiger partial charge in [0.15, 0.2) is 0 Å². The minimum atomic E-state index is -0.252. The molecular weight excluding hydrogens is 392 g/mol. The zero-order valence-electron chi connectivity index (χ0n) is 20.4. The molecule has 0 radical (unpaired) electrons. The van der Waals surface area contributed by atoms with Gasteiger partial charge in [-0.25, -0.2) is 0 Å². The zero-order valence-corrected chi connectivity index (χ0v) is 20.4. The van der Waals surface area contributed by atoms with Gasteiger partial charge in [0.25, 0.3) is 0 Å². The van der Waals surface area contributed by atoms with Crippen LogP contribution in [-0.2, 0) is 23.7 Å². The van der Waals surface area contributed by atoms with Gasteiger partial charge < -0.3 is 9.80 Å². The number of hydrogen-bond donors (Lipinski definition) is 0. The molecule has 0 N–H and O–H groups in total. The molecule has 1 aliphatic rings. The summed E-state index contributed by atoms with van der Waals surface area (Å²) in [7, 11) is 3.81. The van der Waals surface area contributed by atoms with Gasteiger partial charge in [0.1, 0.15) is 0 Å². The molecule has 0 saturated carbocycles. The highest BCUT2D eigenvalue weighted by molar-refractivity contribution is 5.86. The minimum Gasteiger partial charge on any atom is -0.338 e. The van der Waals surface area contributed by atoms with Crippen molar-refractivity contribution in [2.75, 3.05) is 19.6 Å². The number of piperazine rings is 1. The van der Waals surface area contributed by atoms with Crippen LogP contribution < -0.4 is 0 Å². The van der Waals surface area contributed by atoms with Crippen molar-refractivity contribution in [3.8, 4) is 0 Å². The second-order valence-electron chi connectivity index (χ2n) is 9.02. The molecule has 1 aliphatic heterocycles. The van der Waals surface area contributed by atoms with Crippen molar-refractivity contribution in [2.45, 2.75) is 66.3 Å². The first-order valence-electron chi connectivity index (χ1n) is 11.0. The minimum absolute atomic E-state index is 0.0341. The Bertz CT molecular complexity index is 1000. The van der Waals surface area contributed by atoms with Crippen LogP contribution in [0.1, 0.15) is 66.5 Å². The summed E-state index contributed by atoms with van der Waals surface area (Å²) in [6.07, 6.45) is 0. The van der Waals surface area contributed by atoms with Crippen LogP contribution in [0.3, 0.4) is 0 Å². The fourth-order valence-corrected chi connectivity index (χ4v) is 5.09. The number of aryl methyl sites for hydroxylation is 4. The van der Waals surface area contributed by atoms with E-state index in [2.05, 4.69) is 10.2 Å². The highest BCUT2D eigenvalue weighted by Crippen LogP contribution is 2.28. The third kappa shape index (κ3) is 4.00. The normalized spacial score (nSPS) is 18.9. The zero-order chi connectivity index (χ0) is 23.2. The molecule has 3 atom stereocenters. The molecule has 0 aromatic carbocycles. The van der Waals surface area contributed by atoms with E-state index in [0.29, 0.717) is 19.6 Å². The summed E-state index contributed by atoms with van der Waals surface area (Å²) in [5.74, 6) is -0.295. The Labute approximate surface area is 185 Å². The van der Waals surface area contributed by atoms with Crippen LogP contribution in [0.4, 0.5) is 0 Å². The molecule has 2 aromatic heterocycles. The highest BCUT2D eigenvalue weighted by atomic mass is 16.2. The summed E-state index contributed by atoms with van der Waals surface area (Å²) in [6.45, 7) is 15.5. The molecule has 0 spiro atoms. The first-order valence-corrected chi connectivity index (χ1v) is 11.0. The monoisotopic (exact) mass is 428 g/mol. The van der Waals surface area contributed by atoms with Crippen molar-refractivity contribution >= 4 is 11.8 Å². The van der Waals surface area contributed by atoms with Crippen molar-refractivity contribution in [2.24, 2.45) is 14.1 Å². The van der Waals surface area contributed by atoms with Crippen molar-refractivity contribution in [3.63, 3.8) is 0 Å². The molecule has 8 heteroatoms. The maximum absolute atomic E-state index is 13.3. The van der Waals surface area contributed by atoms with Crippen LogP contribution >= 0.6 is 0 Å². The second-order valence-corrected chi connectivity index (χ2v) is 9.02. The molecule has 0 bridgehead atoms. The summed E-state index contributed by atoms with van der Waals surface area (Å²) in [5, 5.41) is 8.92. The topological polar surface area (TPSA) is 76.3 Å². The van der Waals surface area contributed by atoms with E-state index in [1.165, 1.54) is 0 Å². The molecular formula is C23H36N6O2. The van der Waals surface area contributed by atoms with Gasteiger partial charge >= 0.3 is 0 Å². The van der Waals surface area contributed by atoms with Crippen LogP contribution in [0.5, 0.6) is 0 Å². The largest absolute Gasteiger partial charge is 0.338 e. The summed E-state index contributed by atoms with van der Waals surface area (Å²) in [6, 6.07) is -0.0341. The molecule has 1 fully saturated rings. The molecule has 3 heterocycles. The van der Waals surface area contributed by atoms with Crippen LogP contribution in [0, 0.1) is 27.7 Å². The Kier molecular flexibility index (Phi) is 6.30. The van der Waals surface area contributed by atoms with Crippen LogP contribution in [0.15, 0.2) is 0 Å². The number of aromatic nitrogens is 4. The number of nitrogens with zero attached hydrogens (tertiary/aromatic N) is 6. The van der Waals surface area contributed by atoms with E-state index in [0.717, 1.165) is 33.9 Å². The van der Waals surface area contributed by atoms with E-state index >= 15 is 0 Å². The van der Waals surface area contributed by atoms with Crippen molar-refractivity contribution in [1.29, 1.82) is 0 Å². The molecule has 170 valence electrons. The Balaban J connectivity index is 1.71. The van der Waals surface area contributed by atoms with E-state index < -0.39 is 0 Å². The number of rotatable bonds is 4. The predicted octanol–water partition coefficient (Wildman–Crippen LogP) is 2.35. The third-order valence-electron chi connectivity index (χ3n) is 6.96. The van der Waals surface area contributed by atoms with Gasteiger partial charge in [0.2, 0.25) is 11.8 Å². The van der Waals surface area contributed by atoms with Gasteiger partial charge in [-0.3, -0.25) is 19.0 Å². The standard InChI is InChI=1S/C23H36N6O2/c1-13-12-28(22(30)14(2)20-16(4)24-26(8)18(20)6)10-11-29(13)23(31)15(3)21-17(5)25-27(9)19(21)7/h13-15H,10-12H2,1-9H3/t13-,14?,15?/m0/s1. The fraction of sp³-hybridized carbons (Fsp3) is 0.652. The molecule has 8 nitrogen and oxygen atoms in total. The van der Waals surface area contributed by atoms with Crippen molar-refractivity contribution < 1.29 is 9.59 Å². The Hall–Kier alpha value is -2.64. The first-order chi connectivity index (χ1) is 14.5. The highest BCUT2D eigenvalue weighted by Gasteiger charge is 2.36. The summed E-state index contributed by atoms with van der Waals surface area (Å²) in [5.41, 5.74) is 5.87. The number of amides is 2. The van der Waals surface area contributed by atoms with Gasteiger partial charge in [0.05, 0.1) is 23.2 Å². The van der Waals surface area contributed by atoms with E-state index in [-0.39, 0.29) is 29.7 Å². The average Bonchev–Trinajstić information content (AvgIpc) is 3.12. The smallest absolute Gasteiger partial charge is 0.230 e. The van der Waals surface area contributed by atoms with Gasteiger partial charge in [-0.2, -0.15) is 10.2 Å². The fourth-order valence-electron chi connectivity index (χ4n) is 5.09. The van der Waals surface area contributed by atoms with Crippen LogP contribution in [0.25, 0.3) is 0 Å². The number of carbonyl (C=O) groups is 2. The lowest BCUT2D eigenvalue weighted by Gasteiger charge is -2.41. The maximum Gasteiger partial charge on any atom is 0.230 e. The summed E-state index contributed by atoms with van der Waals surface area (Å²) < 4.78 is 3.66. The first kappa shape index (κ1) is 23.0. The average molecular weight is 429 g/mol. The number of carbonyl (C=O) groups excluding carboxylic acids is 2. The second kappa shape index (κ2) is 8.48. The summed E-state index contributed by atoms with van der Waals surface area (Å²) in [4.78, 5) is 30.4. The van der Waals surface area contributed by atoms with Gasteiger partial charge in [0, 0.05) is 62.3 Å². The van der Waals surface area contributed by atoms with Crippen molar-refractivity contribution in [1.82, 2.24) is 29.4 Å². The molecule has 2 unspecified atom stereocenters. The molecule has 2 amide bonds. The van der Waals surface area contributed by atoms with Gasteiger partial charge in [-0.05, 0) is 48.5 Å². The van der Waals surface area contributed by atoms with E-state index in [4.69, 9.17) is 0 Å². The third-order valence-corrected chi connectivity index (χ3v) is 6.96. The molecule has 31 heavy (non-hydrogen) atoms. The maximum atomic E-state index is 13.3. The Morgan fingerprint density at radius 1 is 0.839 bits per heavy atom. The van der Waals surface area contributed by atoms with Gasteiger partial charge in [-0.1, -0.05) is 0 Å². The quantitative estimate of drug-likeness (QED) is 0.749. The molecule has 1 saturated heterocycles. The Morgan fingerprint density at radius 2 is 1.29 bits per heavy atom. The molecule has 2 aromatic rings. The SMILES string of the molecule is Cc1nn(C)c(C)c1C(C)C(=O)N1CCN(C(=O)C(C)c2c(C)nn(C)c2C)[C@@H](C)C1. The summed E-state index contributed by atoms with van der Waals surface area (Å²) >= 11 is 0. The Morgan fingerprint density at radius 3 is 1.68 bits per heavy atom. The van der Waals surface area contributed by atoms with Gasteiger partial charge in [-0.15, -0.1) is 0 Å². The van der Waals surface area contributed by atoms with Crippen LogP contribution in [0.2, 0.25) is 0 Å². The lowest BCUT2D eigenvalue weighted by atomic mass is 9.95. The lowest BCUT2D eigenvalue weighted by molar-refractivity contribution is -0.143. The van der Waals surface area contributed by atoms with Crippen molar-refractivity contribution in [3.05, 3.63) is 33.9 Å². The van der Waals surface area contributed by atoms with E-state index in [9.17, 15) is 9.59 Å². The predicted molar refractivity (Wildman–Crippen MR) is 120 cm³/mol. The number of hydrogen-bond acceptors (Lipinski definition) is 4. The van der Waals surface area contributed by atoms with E-state index in [1.54, 1.807) is 0 Å². The lowest BCUT2D eigenvalue weighted by Crippen LogP contribution is -2.56.